The Kier molecular flexibility index (Phi) is 3.37. The van der Waals surface area contributed by atoms with Gasteiger partial charge in [0.15, 0.2) is 0 Å². The maximum atomic E-state index is 11.0. The van der Waals surface area contributed by atoms with Crippen LogP contribution < -0.4 is 0 Å². The van der Waals surface area contributed by atoms with Gasteiger partial charge in [-0.2, -0.15) is 4.98 Å². The first-order chi connectivity index (χ1) is 10.1. The van der Waals surface area contributed by atoms with Crippen LogP contribution >= 0.6 is 11.6 Å². The second kappa shape index (κ2) is 5.34. The van der Waals surface area contributed by atoms with Crippen LogP contribution in [0.2, 0.25) is 5.02 Å². The number of carboxylic acids is 1. The van der Waals surface area contributed by atoms with Gasteiger partial charge in [-0.15, -0.1) is 0 Å². The minimum absolute atomic E-state index is 0.142. The number of hydrogen-bond donors (Lipinski definition) is 1. The fourth-order valence-electron chi connectivity index (χ4n) is 1.77. The zero-order valence-corrected chi connectivity index (χ0v) is 11.3. The van der Waals surface area contributed by atoms with E-state index in [1.165, 1.54) is 12.1 Å². The Labute approximate surface area is 124 Å². The predicted octanol–water partition coefficient (Wildman–Crippen LogP) is 3.15. The monoisotopic (exact) mass is 301 g/mol. The summed E-state index contributed by atoms with van der Waals surface area (Å²) in [5.74, 6) is -0.574. The van der Waals surface area contributed by atoms with E-state index in [1.807, 2.05) is 0 Å². The van der Waals surface area contributed by atoms with Crippen LogP contribution in [0.1, 0.15) is 10.4 Å². The highest BCUT2D eigenvalue weighted by Crippen LogP contribution is 2.25. The molecule has 3 rings (SSSR count). The van der Waals surface area contributed by atoms with Gasteiger partial charge in [0, 0.05) is 11.8 Å². The third-order valence-corrected chi connectivity index (χ3v) is 3.06. The van der Waals surface area contributed by atoms with Gasteiger partial charge in [-0.05, 0) is 30.3 Å². The molecule has 0 saturated heterocycles. The SMILES string of the molecule is O=C(O)c1cccc(-c2nc(-c3ncccc3Cl)no2)c1. The first kappa shape index (κ1) is 13.3. The fourth-order valence-corrected chi connectivity index (χ4v) is 1.98. The van der Waals surface area contributed by atoms with E-state index in [1.54, 1.807) is 30.5 Å². The zero-order valence-electron chi connectivity index (χ0n) is 10.5. The smallest absolute Gasteiger partial charge is 0.335 e. The summed E-state index contributed by atoms with van der Waals surface area (Å²) in [6.07, 6.45) is 1.57. The number of nitrogens with zero attached hydrogens (tertiary/aromatic N) is 3. The van der Waals surface area contributed by atoms with Crippen molar-refractivity contribution in [3.05, 3.63) is 53.2 Å². The van der Waals surface area contributed by atoms with Gasteiger partial charge >= 0.3 is 5.97 Å². The zero-order chi connectivity index (χ0) is 14.8. The largest absolute Gasteiger partial charge is 0.478 e. The highest BCUT2D eigenvalue weighted by atomic mass is 35.5. The van der Waals surface area contributed by atoms with Gasteiger partial charge in [0.2, 0.25) is 5.82 Å². The lowest BCUT2D eigenvalue weighted by molar-refractivity contribution is 0.0697. The van der Waals surface area contributed by atoms with E-state index in [2.05, 4.69) is 15.1 Å². The van der Waals surface area contributed by atoms with E-state index < -0.39 is 5.97 Å². The molecule has 0 saturated carbocycles. The van der Waals surface area contributed by atoms with Gasteiger partial charge in [-0.1, -0.05) is 22.8 Å². The number of halogens is 1. The summed E-state index contributed by atoms with van der Waals surface area (Å²) in [4.78, 5) is 19.2. The average Bonchev–Trinajstić information content (AvgIpc) is 2.97. The first-order valence-electron chi connectivity index (χ1n) is 5.93. The fraction of sp³-hybridized carbons (Fsp3) is 0. The third-order valence-electron chi connectivity index (χ3n) is 2.75. The molecule has 0 spiro atoms. The molecule has 0 fully saturated rings. The Bertz CT molecular complexity index is 816. The van der Waals surface area contributed by atoms with Crippen LogP contribution in [0.4, 0.5) is 0 Å². The molecular formula is C14H8ClN3O3. The van der Waals surface area contributed by atoms with Crippen molar-refractivity contribution in [2.45, 2.75) is 0 Å². The minimum atomic E-state index is -1.02. The van der Waals surface area contributed by atoms with Crippen molar-refractivity contribution >= 4 is 17.6 Å². The summed E-state index contributed by atoms with van der Waals surface area (Å²) in [7, 11) is 0. The lowest BCUT2D eigenvalue weighted by atomic mass is 10.1. The Morgan fingerprint density at radius 1 is 1.24 bits per heavy atom. The van der Waals surface area contributed by atoms with Crippen molar-refractivity contribution in [1.82, 2.24) is 15.1 Å². The number of pyridine rings is 1. The van der Waals surface area contributed by atoms with E-state index in [0.717, 1.165) is 0 Å². The van der Waals surface area contributed by atoms with Crippen molar-refractivity contribution < 1.29 is 14.4 Å². The maximum absolute atomic E-state index is 11.0. The second-order valence-electron chi connectivity index (χ2n) is 4.14. The molecule has 104 valence electrons. The standard InChI is InChI=1S/C14H8ClN3O3/c15-10-5-2-6-16-11(10)12-17-13(21-18-12)8-3-1-4-9(7-8)14(19)20/h1-7H,(H,19,20). The van der Waals surface area contributed by atoms with E-state index in [4.69, 9.17) is 21.2 Å². The van der Waals surface area contributed by atoms with Crippen LogP contribution in [0.5, 0.6) is 0 Å². The summed E-state index contributed by atoms with van der Waals surface area (Å²) in [6.45, 7) is 0. The van der Waals surface area contributed by atoms with Gasteiger partial charge in [0.05, 0.1) is 10.6 Å². The van der Waals surface area contributed by atoms with Gasteiger partial charge < -0.3 is 9.63 Å². The lowest BCUT2D eigenvalue weighted by Gasteiger charge is -1.97. The Morgan fingerprint density at radius 3 is 2.86 bits per heavy atom. The maximum Gasteiger partial charge on any atom is 0.335 e. The molecule has 0 radical (unpaired) electrons. The number of hydrogen-bond acceptors (Lipinski definition) is 5. The highest BCUT2D eigenvalue weighted by molar-refractivity contribution is 6.32. The minimum Gasteiger partial charge on any atom is -0.478 e. The van der Waals surface area contributed by atoms with Gasteiger partial charge in [-0.3, -0.25) is 4.98 Å². The lowest BCUT2D eigenvalue weighted by Crippen LogP contribution is -1.95. The van der Waals surface area contributed by atoms with Crippen molar-refractivity contribution in [3.8, 4) is 23.0 Å². The highest BCUT2D eigenvalue weighted by Gasteiger charge is 2.15. The molecular weight excluding hydrogens is 294 g/mol. The summed E-state index contributed by atoms with van der Waals surface area (Å²) in [5.41, 5.74) is 1.06. The summed E-state index contributed by atoms with van der Waals surface area (Å²) in [5, 5.41) is 13.2. The van der Waals surface area contributed by atoms with E-state index in [-0.39, 0.29) is 17.3 Å². The van der Waals surface area contributed by atoms with Crippen LogP contribution in [0.15, 0.2) is 47.1 Å². The van der Waals surface area contributed by atoms with Crippen LogP contribution in [-0.2, 0) is 0 Å². The normalized spacial score (nSPS) is 10.5. The number of carbonyl (C=O) groups is 1. The Hall–Kier alpha value is -2.73. The molecule has 21 heavy (non-hydrogen) atoms. The number of rotatable bonds is 3. The molecule has 0 aliphatic rings. The van der Waals surface area contributed by atoms with E-state index in [9.17, 15) is 4.79 Å². The quantitative estimate of drug-likeness (QED) is 0.799. The molecule has 0 unspecified atom stereocenters. The molecule has 0 amide bonds. The number of aromatic carboxylic acids is 1. The van der Waals surface area contributed by atoms with Crippen molar-refractivity contribution in [3.63, 3.8) is 0 Å². The summed E-state index contributed by atoms with van der Waals surface area (Å²) in [6, 6.07) is 9.60. The van der Waals surface area contributed by atoms with Crippen LogP contribution in [-0.4, -0.2) is 26.2 Å². The Balaban J connectivity index is 2.01. The van der Waals surface area contributed by atoms with Crippen molar-refractivity contribution in [2.24, 2.45) is 0 Å². The third kappa shape index (κ3) is 2.61. The molecule has 0 aliphatic carbocycles. The topological polar surface area (TPSA) is 89.1 Å². The van der Waals surface area contributed by atoms with Gasteiger partial charge in [0.25, 0.3) is 5.89 Å². The molecule has 0 bridgehead atoms. The second-order valence-corrected chi connectivity index (χ2v) is 4.55. The number of aromatic nitrogens is 3. The molecule has 2 aromatic heterocycles. The predicted molar refractivity (Wildman–Crippen MR) is 74.9 cm³/mol. The van der Waals surface area contributed by atoms with Crippen molar-refractivity contribution in [1.29, 1.82) is 0 Å². The molecule has 3 aromatic rings. The molecule has 1 aromatic carbocycles. The average molecular weight is 302 g/mol. The van der Waals surface area contributed by atoms with Gasteiger partial charge in [-0.25, -0.2) is 4.79 Å². The van der Waals surface area contributed by atoms with E-state index >= 15 is 0 Å². The number of carboxylic acid groups (broad SMARTS) is 1. The first-order valence-corrected chi connectivity index (χ1v) is 6.31. The van der Waals surface area contributed by atoms with Gasteiger partial charge in [0.1, 0.15) is 5.69 Å². The summed E-state index contributed by atoms with van der Waals surface area (Å²) >= 11 is 6.02. The molecule has 0 aliphatic heterocycles. The summed E-state index contributed by atoms with van der Waals surface area (Å²) < 4.78 is 5.14. The molecule has 2 heterocycles. The Morgan fingerprint density at radius 2 is 2.10 bits per heavy atom. The molecule has 0 atom stereocenters. The van der Waals surface area contributed by atoms with Crippen LogP contribution in [0.25, 0.3) is 23.0 Å². The van der Waals surface area contributed by atoms with Crippen molar-refractivity contribution in [2.75, 3.05) is 0 Å². The number of benzene rings is 1. The molecule has 6 nitrogen and oxygen atoms in total. The molecule has 1 N–H and O–H groups in total. The van der Waals surface area contributed by atoms with E-state index in [0.29, 0.717) is 16.3 Å². The van der Waals surface area contributed by atoms with Crippen LogP contribution in [0.3, 0.4) is 0 Å². The van der Waals surface area contributed by atoms with Crippen LogP contribution in [0, 0.1) is 0 Å². The molecule has 7 heteroatoms.